The minimum Gasteiger partial charge on any atom is -0.368 e. The molecule has 5 heteroatoms. The van der Waals surface area contributed by atoms with Crippen molar-refractivity contribution in [3.8, 4) is 0 Å². The molecule has 2 aromatic carbocycles. The maximum absolute atomic E-state index is 13.8. The molecule has 0 fully saturated rings. The number of hydrogen-bond donors (Lipinski definition) is 1. The van der Waals surface area contributed by atoms with Gasteiger partial charge in [0.1, 0.15) is 0 Å². The molecule has 0 amide bonds. The van der Waals surface area contributed by atoms with Gasteiger partial charge >= 0.3 is 7.60 Å². The molecule has 0 aliphatic heterocycles. The van der Waals surface area contributed by atoms with Gasteiger partial charge < -0.3 is 14.4 Å². The van der Waals surface area contributed by atoms with Crippen LogP contribution in [-0.4, -0.2) is 13.2 Å². The first-order valence-corrected chi connectivity index (χ1v) is 11.1. The van der Waals surface area contributed by atoms with Crippen LogP contribution in [0.3, 0.4) is 0 Å². The smallest absolute Gasteiger partial charge is 0.357 e. The van der Waals surface area contributed by atoms with Gasteiger partial charge in [0.2, 0.25) is 0 Å². The minimum atomic E-state index is -3.39. The number of hydrogen-bond acceptors (Lipinski definition) is 4. The summed E-state index contributed by atoms with van der Waals surface area (Å²) in [7, 11) is -3.39. The Labute approximate surface area is 157 Å². The summed E-state index contributed by atoms with van der Waals surface area (Å²) in [6.45, 7) is 5.03. The van der Waals surface area contributed by atoms with Crippen LogP contribution in [0, 0.1) is 0 Å². The number of anilines is 1. The van der Waals surface area contributed by atoms with Crippen molar-refractivity contribution < 1.29 is 13.6 Å². The zero-order valence-electron chi connectivity index (χ0n) is 15.8. The Morgan fingerprint density at radius 3 is 1.85 bits per heavy atom. The van der Waals surface area contributed by atoms with Gasteiger partial charge in [0.25, 0.3) is 0 Å². The van der Waals surface area contributed by atoms with E-state index in [0.29, 0.717) is 13.2 Å². The van der Waals surface area contributed by atoms with Gasteiger partial charge in [-0.05, 0) is 30.5 Å². The van der Waals surface area contributed by atoms with Crippen molar-refractivity contribution in [3.05, 3.63) is 66.2 Å². The van der Waals surface area contributed by atoms with Crippen LogP contribution >= 0.6 is 7.60 Å². The number of benzene rings is 2. The first-order valence-electron chi connectivity index (χ1n) is 9.45. The molecule has 2 rings (SSSR count). The molecule has 0 saturated carbocycles. The summed E-state index contributed by atoms with van der Waals surface area (Å²) in [6.07, 6.45) is 3.68. The molecule has 0 aromatic heterocycles. The molecule has 0 saturated heterocycles. The minimum absolute atomic E-state index is 0.430. The summed E-state index contributed by atoms with van der Waals surface area (Å²) >= 11 is 0. The lowest BCUT2D eigenvalue weighted by Gasteiger charge is -2.29. The molecule has 0 aliphatic carbocycles. The van der Waals surface area contributed by atoms with Crippen molar-refractivity contribution >= 4 is 13.3 Å². The largest absolute Gasteiger partial charge is 0.368 e. The van der Waals surface area contributed by atoms with Gasteiger partial charge in [0.05, 0.1) is 13.2 Å². The van der Waals surface area contributed by atoms with E-state index in [-0.39, 0.29) is 0 Å². The summed E-state index contributed by atoms with van der Waals surface area (Å²) in [5, 5.41) is 3.38. The van der Waals surface area contributed by atoms with Crippen LogP contribution in [0.25, 0.3) is 0 Å². The summed E-state index contributed by atoms with van der Waals surface area (Å²) in [6, 6.07) is 19.5. The van der Waals surface area contributed by atoms with E-state index in [0.717, 1.165) is 36.9 Å². The second kappa shape index (κ2) is 11.2. The summed E-state index contributed by atoms with van der Waals surface area (Å²) in [4.78, 5) is 0. The van der Waals surface area contributed by atoms with Crippen LogP contribution in [-0.2, 0) is 13.6 Å². The lowest BCUT2D eigenvalue weighted by Crippen LogP contribution is -2.16. The average molecular weight is 375 g/mol. The summed E-state index contributed by atoms with van der Waals surface area (Å²) in [5.74, 6) is -0.542. The standard InChI is InChI=1S/C21H30NO3P/c1-3-5-17-24-26(23,25-18-6-4-2)21(19-13-9-7-10-14-19)22-20-15-11-8-12-16-20/h7-16,21-22H,3-6,17-18H2,1-2H3/t21-/m1/s1. The fourth-order valence-electron chi connectivity index (χ4n) is 2.53. The van der Waals surface area contributed by atoms with E-state index < -0.39 is 13.4 Å². The summed E-state index contributed by atoms with van der Waals surface area (Å²) < 4.78 is 25.5. The maximum atomic E-state index is 13.8. The average Bonchev–Trinajstić information content (AvgIpc) is 2.68. The van der Waals surface area contributed by atoms with Crippen LogP contribution in [0.15, 0.2) is 60.7 Å². The highest BCUT2D eigenvalue weighted by Gasteiger charge is 2.37. The Morgan fingerprint density at radius 1 is 0.846 bits per heavy atom. The lowest BCUT2D eigenvalue weighted by atomic mass is 10.2. The van der Waals surface area contributed by atoms with Crippen molar-refractivity contribution in [2.75, 3.05) is 18.5 Å². The highest BCUT2D eigenvalue weighted by atomic mass is 31.2. The molecule has 1 N–H and O–H groups in total. The molecule has 4 nitrogen and oxygen atoms in total. The Balaban J connectivity index is 2.31. The van der Waals surface area contributed by atoms with E-state index in [1.165, 1.54) is 0 Å². The third-order valence-electron chi connectivity index (χ3n) is 4.05. The number of nitrogens with one attached hydrogen (secondary N) is 1. The lowest BCUT2D eigenvalue weighted by molar-refractivity contribution is 0.194. The van der Waals surface area contributed by atoms with Crippen molar-refractivity contribution in [3.63, 3.8) is 0 Å². The quantitative estimate of drug-likeness (QED) is 0.334. The predicted molar refractivity (Wildman–Crippen MR) is 109 cm³/mol. The summed E-state index contributed by atoms with van der Waals surface area (Å²) in [5.41, 5.74) is 1.78. The van der Waals surface area contributed by atoms with Crippen LogP contribution in [0.2, 0.25) is 0 Å². The fourth-order valence-corrected chi connectivity index (χ4v) is 4.52. The van der Waals surface area contributed by atoms with E-state index in [2.05, 4.69) is 19.2 Å². The van der Waals surface area contributed by atoms with Crippen molar-refractivity contribution in [2.45, 2.75) is 45.3 Å². The van der Waals surface area contributed by atoms with Crippen LogP contribution in [0.5, 0.6) is 0 Å². The van der Waals surface area contributed by atoms with Gasteiger partial charge in [0.15, 0.2) is 5.78 Å². The molecule has 0 aliphatic rings. The number of unbranched alkanes of at least 4 members (excludes halogenated alkanes) is 2. The van der Waals surface area contributed by atoms with Gasteiger partial charge in [-0.15, -0.1) is 0 Å². The molecule has 0 unspecified atom stereocenters. The normalized spacial score (nSPS) is 12.7. The van der Waals surface area contributed by atoms with Crippen molar-refractivity contribution in [1.29, 1.82) is 0 Å². The van der Waals surface area contributed by atoms with E-state index in [4.69, 9.17) is 9.05 Å². The van der Waals surface area contributed by atoms with E-state index in [9.17, 15) is 4.57 Å². The van der Waals surface area contributed by atoms with Crippen molar-refractivity contribution in [1.82, 2.24) is 0 Å². The first-order chi connectivity index (χ1) is 12.7. The predicted octanol–water partition coefficient (Wildman–Crippen LogP) is 6.62. The molecule has 2 aromatic rings. The highest BCUT2D eigenvalue weighted by molar-refractivity contribution is 7.54. The molecular weight excluding hydrogens is 345 g/mol. The Kier molecular flexibility index (Phi) is 8.90. The van der Waals surface area contributed by atoms with Gasteiger partial charge in [-0.25, -0.2) is 0 Å². The second-order valence-electron chi connectivity index (χ2n) is 6.24. The third kappa shape index (κ3) is 6.28. The SMILES string of the molecule is CCCCOP(=O)(OCCCC)[C@@H](Nc1ccccc1)c1ccccc1. The number of para-hydroxylation sites is 1. The van der Waals surface area contributed by atoms with Crippen LogP contribution in [0.4, 0.5) is 5.69 Å². The molecule has 1 atom stereocenters. The third-order valence-corrected chi connectivity index (χ3v) is 6.19. The van der Waals surface area contributed by atoms with E-state index in [1.807, 2.05) is 60.7 Å². The first kappa shape index (κ1) is 20.7. The number of rotatable bonds is 12. The Bertz CT molecular complexity index is 649. The zero-order chi connectivity index (χ0) is 18.7. The molecule has 0 radical (unpaired) electrons. The topological polar surface area (TPSA) is 47.6 Å². The second-order valence-corrected chi connectivity index (χ2v) is 8.35. The Hall–Kier alpha value is -1.61. The monoisotopic (exact) mass is 375 g/mol. The van der Waals surface area contributed by atoms with Gasteiger partial charge in [-0.3, -0.25) is 4.57 Å². The van der Waals surface area contributed by atoms with Gasteiger partial charge in [0, 0.05) is 5.69 Å². The van der Waals surface area contributed by atoms with Crippen molar-refractivity contribution in [2.24, 2.45) is 0 Å². The molecule has 0 spiro atoms. The highest BCUT2D eigenvalue weighted by Crippen LogP contribution is 2.61. The van der Waals surface area contributed by atoms with E-state index >= 15 is 0 Å². The van der Waals surface area contributed by atoms with E-state index in [1.54, 1.807) is 0 Å². The molecule has 26 heavy (non-hydrogen) atoms. The fraction of sp³-hybridized carbons (Fsp3) is 0.429. The Morgan fingerprint density at radius 2 is 1.35 bits per heavy atom. The van der Waals surface area contributed by atoms with Crippen LogP contribution < -0.4 is 5.32 Å². The van der Waals surface area contributed by atoms with Gasteiger partial charge in [-0.1, -0.05) is 75.2 Å². The molecule has 142 valence electrons. The van der Waals surface area contributed by atoms with Gasteiger partial charge in [-0.2, -0.15) is 0 Å². The molecular formula is C21H30NO3P. The molecule has 0 heterocycles. The zero-order valence-corrected chi connectivity index (χ0v) is 16.7. The maximum Gasteiger partial charge on any atom is 0.357 e. The van der Waals surface area contributed by atoms with Crippen LogP contribution in [0.1, 0.15) is 50.9 Å². The molecule has 0 bridgehead atoms.